The van der Waals surface area contributed by atoms with Gasteiger partial charge in [-0.3, -0.25) is 0 Å². The molecule has 0 amide bonds. The number of halogens is 1. The first kappa shape index (κ1) is 18.6. The zero-order chi connectivity index (χ0) is 15.6. The highest BCUT2D eigenvalue weighted by atomic mass is 35.5. The lowest BCUT2D eigenvalue weighted by molar-refractivity contribution is 0.0660. The van der Waals surface area contributed by atoms with E-state index in [2.05, 4.69) is 4.90 Å². The first-order valence-electron chi connectivity index (χ1n) is 7.67. The van der Waals surface area contributed by atoms with Gasteiger partial charge in [0.05, 0.1) is 19.3 Å². The van der Waals surface area contributed by atoms with Crippen molar-refractivity contribution < 1.29 is 13.2 Å². The van der Waals surface area contributed by atoms with Crippen molar-refractivity contribution in [3.05, 3.63) is 35.9 Å². The number of likely N-dealkylation sites (N-methyl/N-ethyl adjacent to an activating group) is 1. The van der Waals surface area contributed by atoms with Crippen LogP contribution in [-0.4, -0.2) is 74.9 Å². The lowest BCUT2D eigenvalue weighted by Crippen LogP contribution is -2.55. The Morgan fingerprint density at radius 2 is 1.70 bits per heavy atom. The van der Waals surface area contributed by atoms with E-state index in [1.807, 2.05) is 37.4 Å². The molecule has 2 heterocycles. The average Bonchev–Trinajstić information content (AvgIpc) is 2.56. The molecule has 0 spiro atoms. The summed E-state index contributed by atoms with van der Waals surface area (Å²) in [5.74, 6) is 0. The summed E-state index contributed by atoms with van der Waals surface area (Å²) in [6, 6.07) is 9.76. The topological polar surface area (TPSA) is 53.1 Å². The van der Waals surface area contributed by atoms with Gasteiger partial charge in [0.25, 0.3) is 10.2 Å². The molecule has 2 fully saturated rings. The fraction of sp³-hybridized carbons (Fsp3) is 0.600. The van der Waals surface area contributed by atoms with Crippen LogP contribution in [0.4, 0.5) is 0 Å². The molecule has 2 aliphatic heterocycles. The van der Waals surface area contributed by atoms with Crippen LogP contribution in [0.25, 0.3) is 0 Å². The van der Waals surface area contributed by atoms with Gasteiger partial charge >= 0.3 is 0 Å². The lowest BCUT2D eigenvalue weighted by Gasteiger charge is -2.42. The summed E-state index contributed by atoms with van der Waals surface area (Å²) in [5.41, 5.74) is 1.05. The zero-order valence-electron chi connectivity index (χ0n) is 13.3. The summed E-state index contributed by atoms with van der Waals surface area (Å²) >= 11 is 0. The van der Waals surface area contributed by atoms with Crippen LogP contribution in [-0.2, 0) is 14.9 Å². The quantitative estimate of drug-likeness (QED) is 0.805. The smallest absolute Gasteiger partial charge is 0.282 e. The third kappa shape index (κ3) is 4.04. The van der Waals surface area contributed by atoms with Gasteiger partial charge in [-0.05, 0) is 12.6 Å². The van der Waals surface area contributed by atoms with Crippen LogP contribution in [0, 0.1) is 0 Å². The third-order valence-electron chi connectivity index (χ3n) is 4.31. The summed E-state index contributed by atoms with van der Waals surface area (Å²) in [7, 11) is -1.41. The Kier molecular flexibility index (Phi) is 6.41. The fourth-order valence-electron chi connectivity index (χ4n) is 3.05. The van der Waals surface area contributed by atoms with Gasteiger partial charge in [0.2, 0.25) is 0 Å². The molecule has 0 aromatic heterocycles. The maximum Gasteiger partial charge on any atom is 0.282 e. The Hall–Kier alpha value is -0.700. The Bertz CT molecular complexity index is 593. The number of benzene rings is 1. The number of hydrogen-bond donors (Lipinski definition) is 0. The van der Waals surface area contributed by atoms with Crippen LogP contribution in [0.1, 0.15) is 11.6 Å². The molecule has 3 rings (SSSR count). The molecule has 8 heteroatoms. The largest absolute Gasteiger partial charge is 0.379 e. The first-order chi connectivity index (χ1) is 10.6. The van der Waals surface area contributed by atoms with E-state index in [1.165, 1.54) is 0 Å². The molecule has 0 bridgehead atoms. The highest BCUT2D eigenvalue weighted by Gasteiger charge is 2.39. The minimum atomic E-state index is -3.45. The van der Waals surface area contributed by atoms with Gasteiger partial charge in [0, 0.05) is 32.7 Å². The molecule has 6 nitrogen and oxygen atoms in total. The van der Waals surface area contributed by atoms with Crippen LogP contribution < -0.4 is 0 Å². The number of ether oxygens (including phenoxy) is 1. The van der Waals surface area contributed by atoms with Crippen molar-refractivity contribution >= 4 is 22.6 Å². The summed E-state index contributed by atoms with van der Waals surface area (Å²) < 4.78 is 34.5. The van der Waals surface area contributed by atoms with E-state index < -0.39 is 10.2 Å². The van der Waals surface area contributed by atoms with E-state index in [9.17, 15) is 8.42 Å². The number of rotatable bonds is 3. The minimum Gasteiger partial charge on any atom is -0.379 e. The predicted octanol–water partition coefficient (Wildman–Crippen LogP) is 0.974. The SMILES string of the molecule is CN1CCN(S(=O)(=O)N2CCOCC2)C(c2ccccc2)C1.Cl. The summed E-state index contributed by atoms with van der Waals surface area (Å²) in [6.45, 7) is 3.83. The fourth-order valence-corrected chi connectivity index (χ4v) is 4.78. The Morgan fingerprint density at radius 3 is 2.35 bits per heavy atom. The van der Waals surface area contributed by atoms with Gasteiger partial charge in [-0.25, -0.2) is 0 Å². The van der Waals surface area contributed by atoms with E-state index >= 15 is 0 Å². The number of nitrogens with zero attached hydrogens (tertiary/aromatic N) is 3. The zero-order valence-corrected chi connectivity index (χ0v) is 14.9. The van der Waals surface area contributed by atoms with Crippen LogP contribution >= 0.6 is 12.4 Å². The van der Waals surface area contributed by atoms with Crippen LogP contribution in [0.2, 0.25) is 0 Å². The van der Waals surface area contributed by atoms with Gasteiger partial charge in [-0.2, -0.15) is 17.0 Å². The van der Waals surface area contributed by atoms with E-state index in [0.29, 0.717) is 39.4 Å². The Balaban J connectivity index is 0.00000192. The van der Waals surface area contributed by atoms with Crippen molar-refractivity contribution in [1.29, 1.82) is 0 Å². The molecule has 1 atom stereocenters. The standard InChI is InChI=1S/C15H23N3O3S.ClH/c1-16-7-8-18(15(13-16)14-5-3-2-4-6-14)22(19,20)17-9-11-21-12-10-17;/h2-6,15H,7-13H2,1H3;1H. The van der Waals surface area contributed by atoms with E-state index in [1.54, 1.807) is 8.61 Å². The van der Waals surface area contributed by atoms with Crippen molar-refractivity contribution in [1.82, 2.24) is 13.5 Å². The maximum atomic E-state index is 13.0. The van der Waals surface area contributed by atoms with Gasteiger partial charge in [-0.1, -0.05) is 30.3 Å². The normalized spacial score (nSPS) is 25.0. The molecule has 23 heavy (non-hydrogen) atoms. The molecule has 0 N–H and O–H groups in total. The second-order valence-corrected chi connectivity index (χ2v) is 7.70. The van der Waals surface area contributed by atoms with Gasteiger partial charge in [-0.15, -0.1) is 12.4 Å². The van der Waals surface area contributed by atoms with E-state index in [-0.39, 0.29) is 18.4 Å². The molecular formula is C15H24ClN3O3S. The summed E-state index contributed by atoms with van der Waals surface area (Å²) in [4.78, 5) is 2.18. The number of hydrogen-bond acceptors (Lipinski definition) is 4. The van der Waals surface area contributed by atoms with Crippen molar-refractivity contribution in [2.45, 2.75) is 6.04 Å². The van der Waals surface area contributed by atoms with E-state index in [4.69, 9.17) is 4.74 Å². The average molecular weight is 362 g/mol. The summed E-state index contributed by atoms with van der Waals surface area (Å²) in [5, 5.41) is 0. The Morgan fingerprint density at radius 1 is 1.04 bits per heavy atom. The minimum absolute atomic E-state index is 0. The third-order valence-corrected chi connectivity index (χ3v) is 6.36. The molecule has 1 aromatic rings. The highest BCUT2D eigenvalue weighted by molar-refractivity contribution is 7.86. The highest BCUT2D eigenvalue weighted by Crippen LogP contribution is 2.29. The predicted molar refractivity (Wildman–Crippen MR) is 91.9 cm³/mol. The molecule has 1 aromatic carbocycles. The number of morpholine rings is 1. The maximum absolute atomic E-state index is 13.0. The molecule has 1 unspecified atom stereocenters. The first-order valence-corrected chi connectivity index (χ1v) is 9.07. The molecule has 130 valence electrons. The molecular weight excluding hydrogens is 338 g/mol. The summed E-state index contributed by atoms with van der Waals surface area (Å²) in [6.07, 6.45) is 0. The number of piperazine rings is 1. The van der Waals surface area contributed by atoms with Gasteiger partial charge in [0.1, 0.15) is 0 Å². The van der Waals surface area contributed by atoms with E-state index in [0.717, 1.165) is 12.1 Å². The second-order valence-electron chi connectivity index (χ2n) is 5.82. The van der Waals surface area contributed by atoms with Crippen LogP contribution in [0.5, 0.6) is 0 Å². The molecule has 2 aliphatic rings. The van der Waals surface area contributed by atoms with Crippen molar-refractivity contribution in [3.8, 4) is 0 Å². The molecule has 0 radical (unpaired) electrons. The molecule has 0 saturated carbocycles. The van der Waals surface area contributed by atoms with Gasteiger partial charge < -0.3 is 9.64 Å². The van der Waals surface area contributed by atoms with Crippen molar-refractivity contribution in [3.63, 3.8) is 0 Å². The second kappa shape index (κ2) is 7.92. The Labute approximate surface area is 144 Å². The monoisotopic (exact) mass is 361 g/mol. The molecule has 0 aliphatic carbocycles. The lowest BCUT2D eigenvalue weighted by atomic mass is 10.1. The van der Waals surface area contributed by atoms with Crippen molar-refractivity contribution in [2.75, 3.05) is 53.0 Å². The van der Waals surface area contributed by atoms with Crippen LogP contribution in [0.15, 0.2) is 30.3 Å². The van der Waals surface area contributed by atoms with Crippen molar-refractivity contribution in [2.24, 2.45) is 0 Å². The van der Waals surface area contributed by atoms with Crippen LogP contribution in [0.3, 0.4) is 0 Å². The molecule has 2 saturated heterocycles. The van der Waals surface area contributed by atoms with Gasteiger partial charge in [0.15, 0.2) is 0 Å².